The predicted molar refractivity (Wildman–Crippen MR) is 170 cm³/mol. The van der Waals surface area contributed by atoms with Crippen LogP contribution in [0.1, 0.15) is 54.4 Å². The summed E-state index contributed by atoms with van der Waals surface area (Å²) in [4.78, 5) is 32.5. The first-order valence-corrected chi connectivity index (χ1v) is 15.8. The molecule has 4 aromatic rings. The van der Waals surface area contributed by atoms with Crippen molar-refractivity contribution in [3.63, 3.8) is 0 Å². The summed E-state index contributed by atoms with van der Waals surface area (Å²) >= 11 is 5.41. The van der Waals surface area contributed by atoms with Crippen LogP contribution in [0.25, 0.3) is 6.08 Å². The number of fused-ring (bicyclic) bond motifs is 4. The summed E-state index contributed by atoms with van der Waals surface area (Å²) in [5.74, 6) is -0.760. The Balaban J connectivity index is 1.41. The minimum absolute atomic E-state index is 0.131. The number of thiocarbonyl (C=S) groups is 1. The molecule has 0 aliphatic carbocycles. The molecule has 204 valence electrons. The van der Waals surface area contributed by atoms with E-state index in [1.807, 2.05) is 30.3 Å². The molecule has 1 aromatic heterocycles. The number of rotatable bonds is 2. The average Bonchev–Trinajstić information content (AvgIpc) is 3.39. The van der Waals surface area contributed by atoms with Gasteiger partial charge in [0.05, 0.1) is 0 Å². The Kier molecular flexibility index (Phi) is 5.65. The summed E-state index contributed by atoms with van der Waals surface area (Å²) in [5.41, 5.74) is 8.03. The number of hydrogen-bond acceptors (Lipinski definition) is 4. The van der Waals surface area contributed by atoms with Gasteiger partial charge in [0.2, 0.25) is 0 Å². The van der Waals surface area contributed by atoms with Crippen molar-refractivity contribution in [3.8, 4) is 0 Å². The van der Waals surface area contributed by atoms with Crippen LogP contribution in [0, 0.1) is 0 Å². The molecule has 7 heteroatoms. The molecule has 7 rings (SSSR count). The van der Waals surface area contributed by atoms with Gasteiger partial charge in [-0.15, -0.1) is 0 Å². The monoisotopic (exact) mass is 623 g/mol. The van der Waals surface area contributed by atoms with Crippen LogP contribution in [0.4, 0.5) is 21.6 Å². The number of para-hydroxylation sites is 3. The van der Waals surface area contributed by atoms with Crippen molar-refractivity contribution >= 4 is 71.3 Å². The Labute approximate surface area is 251 Å². The third kappa shape index (κ3) is 3.56. The van der Waals surface area contributed by atoms with Crippen LogP contribution < -0.4 is 9.80 Å². The second kappa shape index (κ2) is 8.86. The van der Waals surface area contributed by atoms with Gasteiger partial charge in [-0.3, -0.25) is 0 Å². The van der Waals surface area contributed by atoms with Crippen molar-refractivity contribution in [2.45, 2.75) is 38.5 Å². The third-order valence-corrected chi connectivity index (χ3v) is 11.5. The van der Waals surface area contributed by atoms with Crippen LogP contribution in [-0.2, 0) is 20.4 Å². The van der Waals surface area contributed by atoms with Crippen molar-refractivity contribution in [2.75, 3.05) is 16.8 Å². The maximum atomic E-state index is 13.8. The standard InChI is InChI=1S/C34H29N3O2SSe/c1-33(2)23-14-9-10-17-27(23)37-28-24(33)15-11-16-25(28)34(3,4)26-19-21(41-31(26)37)18-22-29(38)35(5)32(40)36(30(22)39)20-12-7-6-8-13-20/h6-19H,1-5H3/b22-18+. The number of carbonyl (C=O) groups excluding carboxylic acids is 2. The second-order valence-corrected chi connectivity index (χ2v) is 14.4. The fourth-order valence-electron chi connectivity index (χ4n) is 6.48. The van der Waals surface area contributed by atoms with E-state index in [0.717, 1.165) is 4.44 Å². The zero-order chi connectivity index (χ0) is 28.8. The summed E-state index contributed by atoms with van der Waals surface area (Å²) in [6, 6.07) is 26.8. The summed E-state index contributed by atoms with van der Waals surface area (Å²) < 4.78 is 2.26. The van der Waals surface area contributed by atoms with E-state index >= 15 is 0 Å². The molecule has 0 spiro atoms. The van der Waals surface area contributed by atoms with E-state index in [1.54, 1.807) is 13.1 Å². The molecule has 0 unspecified atom stereocenters. The number of carbonyl (C=O) groups is 2. The van der Waals surface area contributed by atoms with Gasteiger partial charge >= 0.3 is 252 Å². The van der Waals surface area contributed by atoms with Gasteiger partial charge in [-0.05, 0) is 0 Å². The molecule has 3 aliphatic rings. The van der Waals surface area contributed by atoms with E-state index in [0.29, 0.717) is 5.69 Å². The van der Waals surface area contributed by atoms with Gasteiger partial charge in [0.25, 0.3) is 0 Å². The van der Waals surface area contributed by atoms with Crippen molar-refractivity contribution in [1.82, 2.24) is 4.90 Å². The van der Waals surface area contributed by atoms with Crippen molar-refractivity contribution in [1.29, 1.82) is 0 Å². The second-order valence-electron chi connectivity index (χ2n) is 11.9. The predicted octanol–water partition coefficient (Wildman–Crippen LogP) is 6.67. The van der Waals surface area contributed by atoms with Crippen molar-refractivity contribution in [2.24, 2.45) is 0 Å². The van der Waals surface area contributed by atoms with Crippen LogP contribution >= 0.6 is 12.2 Å². The van der Waals surface area contributed by atoms with Crippen LogP contribution in [0.15, 0.2) is 84.4 Å². The van der Waals surface area contributed by atoms with E-state index < -0.39 is 0 Å². The normalized spacial score (nSPS) is 19.3. The molecule has 0 bridgehead atoms. The van der Waals surface area contributed by atoms with Gasteiger partial charge in [0.15, 0.2) is 0 Å². The van der Waals surface area contributed by atoms with Gasteiger partial charge in [-0.1, -0.05) is 0 Å². The Morgan fingerprint density at radius 1 is 0.732 bits per heavy atom. The Bertz CT molecular complexity index is 1840. The molecule has 1 fully saturated rings. The summed E-state index contributed by atoms with van der Waals surface area (Å²) in [7, 11) is 1.63. The molecule has 41 heavy (non-hydrogen) atoms. The minimum atomic E-state index is -0.388. The van der Waals surface area contributed by atoms with Crippen LogP contribution in [0.5, 0.6) is 0 Å². The van der Waals surface area contributed by atoms with Gasteiger partial charge < -0.3 is 0 Å². The van der Waals surface area contributed by atoms with E-state index in [9.17, 15) is 9.59 Å². The zero-order valence-electron chi connectivity index (χ0n) is 23.6. The van der Waals surface area contributed by atoms with Crippen molar-refractivity contribution < 1.29 is 9.59 Å². The fraction of sp³-hybridized carbons (Fsp3) is 0.206. The first-order chi connectivity index (χ1) is 19.5. The maximum absolute atomic E-state index is 13.8. The molecule has 4 heterocycles. The van der Waals surface area contributed by atoms with E-state index in [2.05, 4.69) is 81.1 Å². The number of nitrogens with zero attached hydrogens (tertiary/aromatic N) is 3. The SMILES string of the molecule is CN1C(=O)/C(=C\c2cc3c([se]2)N2c4ccccc4C(C)(C)c4cccc(c42)C3(C)C)C(=O)N(c2ccccc2)C1=S. The number of amides is 2. The number of hydrogen-bond donors (Lipinski definition) is 0. The summed E-state index contributed by atoms with van der Waals surface area (Å²) in [5, 5.41) is 0.184. The molecule has 3 aliphatic heterocycles. The molecule has 0 radical (unpaired) electrons. The topological polar surface area (TPSA) is 43.9 Å². The van der Waals surface area contributed by atoms with E-state index in [4.69, 9.17) is 12.2 Å². The molecule has 2 amide bonds. The average molecular weight is 623 g/mol. The van der Waals surface area contributed by atoms with Gasteiger partial charge in [-0.25, -0.2) is 0 Å². The Hall–Kier alpha value is -3.77. The number of anilines is 4. The molecule has 0 saturated carbocycles. The van der Waals surface area contributed by atoms with E-state index in [1.165, 1.54) is 48.0 Å². The fourth-order valence-corrected chi connectivity index (χ4v) is 9.44. The molecule has 0 atom stereocenters. The quantitative estimate of drug-likeness (QED) is 0.109. The zero-order valence-corrected chi connectivity index (χ0v) is 26.1. The Morgan fingerprint density at radius 3 is 2.05 bits per heavy atom. The number of likely N-dealkylation sites (N-methyl/N-ethyl adjacent to an activating group) is 1. The van der Waals surface area contributed by atoms with Gasteiger partial charge in [-0.2, -0.15) is 0 Å². The van der Waals surface area contributed by atoms with Gasteiger partial charge in [0, 0.05) is 0 Å². The van der Waals surface area contributed by atoms with Crippen LogP contribution in [0.2, 0.25) is 0 Å². The molecular weight excluding hydrogens is 593 g/mol. The van der Waals surface area contributed by atoms with Crippen LogP contribution in [0.3, 0.4) is 0 Å². The van der Waals surface area contributed by atoms with Crippen LogP contribution in [-0.4, -0.2) is 43.4 Å². The summed E-state index contributed by atoms with van der Waals surface area (Å²) in [6.07, 6.45) is 1.80. The summed E-state index contributed by atoms with van der Waals surface area (Å²) in [6.45, 7) is 9.18. The molecular formula is C34H29N3O2SSe. The molecule has 1 saturated heterocycles. The molecule has 3 aromatic carbocycles. The number of benzene rings is 3. The molecule has 5 nitrogen and oxygen atoms in total. The molecule has 0 N–H and O–H groups in total. The van der Waals surface area contributed by atoms with Crippen molar-refractivity contribution in [3.05, 3.63) is 111 Å². The van der Waals surface area contributed by atoms with E-state index in [-0.39, 0.29) is 47.8 Å². The van der Waals surface area contributed by atoms with Gasteiger partial charge in [0.1, 0.15) is 0 Å². The third-order valence-electron chi connectivity index (χ3n) is 8.78. The Morgan fingerprint density at radius 2 is 1.34 bits per heavy atom. The first kappa shape index (κ1) is 26.1. The first-order valence-electron chi connectivity index (χ1n) is 13.6.